The quantitative estimate of drug-likeness (QED) is 0.686. The number of nitrogens with zero attached hydrogens (tertiary/aromatic N) is 4. The topological polar surface area (TPSA) is 119 Å². The van der Waals surface area contributed by atoms with E-state index in [0.29, 0.717) is 16.9 Å². The molecule has 20 heavy (non-hydrogen) atoms. The summed E-state index contributed by atoms with van der Waals surface area (Å²) in [6.07, 6.45) is 1.58. The van der Waals surface area contributed by atoms with E-state index in [1.165, 1.54) is 12.7 Å². The van der Waals surface area contributed by atoms with Crippen molar-refractivity contribution in [2.75, 3.05) is 17.7 Å². The number of fused-ring (bicyclic) bond motifs is 1. The fourth-order valence-corrected chi connectivity index (χ4v) is 2.92. The summed E-state index contributed by atoms with van der Waals surface area (Å²) < 4.78 is 7.29. The maximum Gasteiger partial charge on any atom is 0.167 e. The Kier molecular flexibility index (Phi) is 3.50. The van der Waals surface area contributed by atoms with Gasteiger partial charge in [0.15, 0.2) is 17.7 Å². The Labute approximate surface area is 119 Å². The van der Waals surface area contributed by atoms with Crippen molar-refractivity contribution in [2.24, 2.45) is 0 Å². The average molecular weight is 297 g/mol. The van der Waals surface area contributed by atoms with Gasteiger partial charge in [0.2, 0.25) is 0 Å². The molecule has 0 unspecified atom stereocenters. The van der Waals surface area contributed by atoms with E-state index >= 15 is 0 Å². The van der Waals surface area contributed by atoms with Gasteiger partial charge in [-0.2, -0.15) is 11.8 Å². The molecule has 0 aliphatic carbocycles. The van der Waals surface area contributed by atoms with Crippen LogP contribution < -0.4 is 5.73 Å². The summed E-state index contributed by atoms with van der Waals surface area (Å²) in [5.74, 6) is 0.862. The molecule has 4 atom stereocenters. The zero-order valence-electron chi connectivity index (χ0n) is 10.7. The molecule has 0 amide bonds. The van der Waals surface area contributed by atoms with Gasteiger partial charge in [0.1, 0.15) is 24.1 Å². The summed E-state index contributed by atoms with van der Waals surface area (Å²) in [5.41, 5.74) is 6.64. The van der Waals surface area contributed by atoms with E-state index in [9.17, 15) is 10.2 Å². The first-order valence-corrected chi connectivity index (χ1v) is 7.46. The van der Waals surface area contributed by atoms with Crippen molar-refractivity contribution in [1.29, 1.82) is 0 Å². The zero-order valence-corrected chi connectivity index (χ0v) is 11.6. The molecule has 1 fully saturated rings. The van der Waals surface area contributed by atoms with Gasteiger partial charge < -0.3 is 20.7 Å². The number of rotatable bonds is 3. The van der Waals surface area contributed by atoms with E-state index in [0.717, 1.165) is 0 Å². The third kappa shape index (κ3) is 2.03. The van der Waals surface area contributed by atoms with Gasteiger partial charge in [-0.1, -0.05) is 0 Å². The maximum atomic E-state index is 10.1. The zero-order chi connectivity index (χ0) is 14.3. The monoisotopic (exact) mass is 297 g/mol. The third-order valence-electron chi connectivity index (χ3n) is 3.33. The molecule has 1 aliphatic rings. The minimum absolute atomic E-state index is 0.266. The second kappa shape index (κ2) is 5.17. The number of aliphatic hydroxyl groups excluding tert-OH is 2. The third-order valence-corrected chi connectivity index (χ3v) is 3.99. The Morgan fingerprint density at radius 2 is 2.15 bits per heavy atom. The molecule has 3 rings (SSSR count). The van der Waals surface area contributed by atoms with Gasteiger partial charge in [0.25, 0.3) is 0 Å². The molecule has 4 N–H and O–H groups in total. The molecule has 0 aromatic carbocycles. The lowest BCUT2D eigenvalue weighted by atomic mass is 10.1. The number of hydrogen-bond acceptors (Lipinski definition) is 8. The Morgan fingerprint density at radius 1 is 1.35 bits per heavy atom. The van der Waals surface area contributed by atoms with Crippen LogP contribution in [-0.4, -0.2) is 60.1 Å². The molecule has 2 aromatic rings. The van der Waals surface area contributed by atoms with Crippen LogP contribution >= 0.6 is 11.8 Å². The molecule has 0 bridgehead atoms. The van der Waals surface area contributed by atoms with E-state index in [1.54, 1.807) is 16.3 Å². The molecular weight excluding hydrogens is 282 g/mol. The number of hydrogen-bond donors (Lipinski definition) is 3. The minimum atomic E-state index is -1.04. The van der Waals surface area contributed by atoms with E-state index < -0.39 is 24.5 Å². The highest BCUT2D eigenvalue weighted by Gasteiger charge is 2.43. The normalized spacial score (nSPS) is 30.1. The smallest absolute Gasteiger partial charge is 0.167 e. The van der Waals surface area contributed by atoms with E-state index in [4.69, 9.17) is 10.5 Å². The minimum Gasteiger partial charge on any atom is -0.387 e. The van der Waals surface area contributed by atoms with Crippen LogP contribution in [0.25, 0.3) is 11.2 Å². The van der Waals surface area contributed by atoms with Crippen molar-refractivity contribution < 1.29 is 14.9 Å². The average Bonchev–Trinajstić information content (AvgIpc) is 2.97. The summed E-state index contributed by atoms with van der Waals surface area (Å²) in [5, 5.41) is 20.2. The van der Waals surface area contributed by atoms with Gasteiger partial charge in [0, 0.05) is 5.75 Å². The van der Waals surface area contributed by atoms with Crippen LogP contribution in [0.5, 0.6) is 0 Å². The summed E-state index contributed by atoms with van der Waals surface area (Å²) in [6.45, 7) is 0. The van der Waals surface area contributed by atoms with Crippen LogP contribution in [0.2, 0.25) is 0 Å². The van der Waals surface area contributed by atoms with Crippen LogP contribution in [0.4, 0.5) is 5.82 Å². The first-order chi connectivity index (χ1) is 9.63. The molecule has 0 radical (unpaired) electrons. The number of anilines is 1. The first-order valence-electron chi connectivity index (χ1n) is 6.07. The molecule has 1 aliphatic heterocycles. The first kappa shape index (κ1) is 13.6. The van der Waals surface area contributed by atoms with E-state index in [2.05, 4.69) is 15.0 Å². The lowest BCUT2D eigenvalue weighted by Gasteiger charge is -2.16. The van der Waals surface area contributed by atoms with Gasteiger partial charge >= 0.3 is 0 Å². The fourth-order valence-electron chi connectivity index (χ4n) is 2.32. The summed E-state index contributed by atoms with van der Waals surface area (Å²) >= 11 is 1.54. The number of thioether (sulfide) groups is 1. The van der Waals surface area contributed by atoms with Crippen LogP contribution in [0.1, 0.15) is 6.23 Å². The van der Waals surface area contributed by atoms with Crippen LogP contribution in [0.15, 0.2) is 12.7 Å². The molecule has 8 nitrogen and oxygen atoms in total. The maximum absolute atomic E-state index is 10.1. The van der Waals surface area contributed by atoms with Crippen molar-refractivity contribution in [3.8, 4) is 0 Å². The second-order valence-corrected chi connectivity index (χ2v) is 5.50. The van der Waals surface area contributed by atoms with E-state index in [-0.39, 0.29) is 5.82 Å². The SMILES string of the molecule is CSC[C@@H]1O[C@@H](n2cnc3c(N)ncnc32)[C@H](O)[C@H]1O. The lowest BCUT2D eigenvalue weighted by Crippen LogP contribution is -2.32. The highest BCUT2D eigenvalue weighted by atomic mass is 32.2. The predicted molar refractivity (Wildman–Crippen MR) is 74.0 cm³/mol. The molecule has 0 saturated carbocycles. The Bertz CT molecular complexity index is 621. The van der Waals surface area contributed by atoms with Gasteiger partial charge in [-0.25, -0.2) is 15.0 Å². The van der Waals surface area contributed by atoms with Gasteiger partial charge in [0.05, 0.1) is 12.4 Å². The number of nitrogen functional groups attached to an aromatic ring is 1. The second-order valence-electron chi connectivity index (χ2n) is 4.58. The van der Waals surface area contributed by atoms with Crippen molar-refractivity contribution in [3.05, 3.63) is 12.7 Å². The fraction of sp³-hybridized carbons (Fsp3) is 0.545. The summed E-state index contributed by atoms with van der Waals surface area (Å²) in [6, 6.07) is 0. The molecule has 9 heteroatoms. The largest absolute Gasteiger partial charge is 0.387 e. The number of aliphatic hydroxyl groups is 2. The van der Waals surface area contributed by atoms with Crippen LogP contribution in [0.3, 0.4) is 0 Å². The highest BCUT2D eigenvalue weighted by Crippen LogP contribution is 2.32. The molecule has 0 spiro atoms. The number of imidazole rings is 1. The molecule has 108 valence electrons. The highest BCUT2D eigenvalue weighted by molar-refractivity contribution is 7.98. The van der Waals surface area contributed by atoms with Gasteiger partial charge in [-0.05, 0) is 6.26 Å². The molecule has 1 saturated heterocycles. The van der Waals surface area contributed by atoms with Crippen LogP contribution in [-0.2, 0) is 4.74 Å². The number of aromatic nitrogens is 4. The van der Waals surface area contributed by atoms with Crippen molar-refractivity contribution >= 4 is 28.7 Å². The van der Waals surface area contributed by atoms with Crippen molar-refractivity contribution in [2.45, 2.75) is 24.5 Å². The predicted octanol–water partition coefficient (Wildman–Crippen LogP) is -0.609. The van der Waals surface area contributed by atoms with Crippen molar-refractivity contribution in [3.63, 3.8) is 0 Å². The van der Waals surface area contributed by atoms with E-state index in [1.807, 2.05) is 6.26 Å². The summed E-state index contributed by atoms with van der Waals surface area (Å²) in [7, 11) is 0. The Balaban J connectivity index is 1.97. The van der Waals surface area contributed by atoms with Gasteiger partial charge in [-0.15, -0.1) is 0 Å². The lowest BCUT2D eigenvalue weighted by molar-refractivity contribution is -0.0288. The Morgan fingerprint density at radius 3 is 2.90 bits per heavy atom. The van der Waals surface area contributed by atoms with Crippen LogP contribution in [0, 0.1) is 0 Å². The summed E-state index contributed by atoms with van der Waals surface area (Å²) in [4.78, 5) is 12.1. The number of nitrogens with two attached hydrogens (primary N) is 1. The number of ether oxygens (including phenoxy) is 1. The standard InChI is InChI=1S/C11H15N5O3S/c1-20-2-5-7(17)8(18)11(19-5)16-4-15-6-9(12)13-3-14-10(6)16/h3-5,7-8,11,17-18H,2H2,1H3,(H2,12,13,14)/t5-,7-,8+,11+/m0/s1. The Hall–Kier alpha value is -1.42. The van der Waals surface area contributed by atoms with Crippen molar-refractivity contribution in [1.82, 2.24) is 19.5 Å². The molecule has 2 aromatic heterocycles. The van der Waals surface area contributed by atoms with Gasteiger partial charge in [-0.3, -0.25) is 4.57 Å². The molecule has 3 heterocycles. The molecular formula is C11H15N5O3S.